The zero-order chi connectivity index (χ0) is 13.9. The van der Waals surface area contributed by atoms with Crippen molar-refractivity contribution >= 4 is 11.6 Å². The summed E-state index contributed by atoms with van der Waals surface area (Å²) in [6.07, 6.45) is 5.62. The maximum Gasteiger partial charge on any atom is 0.222 e. The van der Waals surface area contributed by atoms with Crippen molar-refractivity contribution in [2.24, 2.45) is 5.92 Å². The topological polar surface area (TPSA) is 38.2 Å². The molecule has 0 amide bonds. The van der Waals surface area contributed by atoms with Crippen LogP contribution < -0.4 is 4.74 Å². The van der Waals surface area contributed by atoms with Gasteiger partial charge in [-0.05, 0) is 64.2 Å². The lowest BCUT2D eigenvalue weighted by atomic mass is 9.94. The van der Waals surface area contributed by atoms with E-state index in [1.807, 2.05) is 0 Å². The summed E-state index contributed by atoms with van der Waals surface area (Å²) in [5.74, 6) is 1.32. The lowest BCUT2D eigenvalue weighted by Crippen LogP contribution is -2.46. The van der Waals surface area contributed by atoms with Crippen molar-refractivity contribution in [3.8, 4) is 5.75 Å². The van der Waals surface area contributed by atoms with Crippen LogP contribution in [0.2, 0.25) is 5.28 Å². The Morgan fingerprint density at radius 1 is 1.26 bits per heavy atom. The van der Waals surface area contributed by atoms with Crippen LogP contribution in [-0.2, 0) is 0 Å². The van der Waals surface area contributed by atoms with E-state index in [9.17, 15) is 0 Å². The summed E-state index contributed by atoms with van der Waals surface area (Å²) < 4.78 is 5.72. The molecular formula is C14H22ClN3O. The van der Waals surface area contributed by atoms with Gasteiger partial charge in [-0.2, -0.15) is 0 Å². The summed E-state index contributed by atoms with van der Waals surface area (Å²) in [5, 5.41) is 0.255. The third-order valence-electron chi connectivity index (χ3n) is 3.65. The number of halogens is 1. The molecule has 0 aliphatic carbocycles. The van der Waals surface area contributed by atoms with Crippen LogP contribution >= 0.6 is 11.6 Å². The molecule has 106 valence electrons. The Bertz CT molecular complexity index is 394. The Morgan fingerprint density at radius 2 is 1.84 bits per heavy atom. The molecule has 0 spiro atoms. The number of likely N-dealkylation sites (tertiary alicyclic amines) is 1. The van der Waals surface area contributed by atoms with Crippen LogP contribution in [0.1, 0.15) is 33.6 Å². The second-order valence-electron chi connectivity index (χ2n) is 6.10. The van der Waals surface area contributed by atoms with Crippen LogP contribution in [-0.4, -0.2) is 40.1 Å². The Morgan fingerprint density at radius 3 is 2.37 bits per heavy atom. The molecule has 4 nitrogen and oxygen atoms in total. The van der Waals surface area contributed by atoms with Gasteiger partial charge in [0.1, 0.15) is 0 Å². The molecule has 1 fully saturated rings. The Hall–Kier alpha value is -0.870. The molecule has 0 aromatic carbocycles. The highest BCUT2D eigenvalue weighted by Crippen LogP contribution is 2.24. The predicted octanol–water partition coefficient (Wildman–Crippen LogP) is 3.02. The number of rotatable bonds is 3. The molecule has 1 aromatic rings. The van der Waals surface area contributed by atoms with Gasteiger partial charge in [0.25, 0.3) is 0 Å². The minimum atomic E-state index is 0.255. The minimum absolute atomic E-state index is 0.255. The summed E-state index contributed by atoms with van der Waals surface area (Å²) in [6.45, 7) is 9.85. The van der Waals surface area contributed by atoms with Gasteiger partial charge in [-0.3, -0.25) is 4.90 Å². The molecule has 0 unspecified atom stereocenters. The fraction of sp³-hybridized carbons (Fsp3) is 0.714. The van der Waals surface area contributed by atoms with Gasteiger partial charge in [0.15, 0.2) is 5.75 Å². The third-order valence-corrected chi connectivity index (χ3v) is 3.84. The summed E-state index contributed by atoms with van der Waals surface area (Å²) in [6, 6.07) is 0. The third kappa shape index (κ3) is 4.32. The number of hydrogen-bond acceptors (Lipinski definition) is 4. The SMILES string of the molecule is CC(C)(C)N1CCC(COc2cnc(Cl)nc2)CC1. The summed E-state index contributed by atoms with van der Waals surface area (Å²) in [5.41, 5.74) is 0.274. The minimum Gasteiger partial charge on any atom is -0.490 e. The van der Waals surface area contributed by atoms with Crippen LogP contribution in [0.15, 0.2) is 12.4 Å². The maximum atomic E-state index is 5.72. The molecule has 0 N–H and O–H groups in total. The standard InChI is InChI=1S/C14H22ClN3O/c1-14(2,3)18-6-4-11(5-7-18)10-19-12-8-16-13(15)17-9-12/h8-9,11H,4-7,10H2,1-3H3. The number of piperidine rings is 1. The van der Waals surface area contributed by atoms with Crippen molar-refractivity contribution in [3.05, 3.63) is 17.7 Å². The first-order valence-corrected chi connectivity index (χ1v) is 7.18. The van der Waals surface area contributed by atoms with E-state index in [1.165, 1.54) is 12.8 Å². The normalized spacial score (nSPS) is 18.5. The number of aromatic nitrogens is 2. The van der Waals surface area contributed by atoms with Crippen molar-refractivity contribution in [1.29, 1.82) is 0 Å². The quantitative estimate of drug-likeness (QED) is 0.799. The number of hydrogen-bond donors (Lipinski definition) is 0. The summed E-state index contributed by atoms with van der Waals surface area (Å²) in [7, 11) is 0. The van der Waals surface area contributed by atoms with Gasteiger partial charge < -0.3 is 4.74 Å². The van der Waals surface area contributed by atoms with Gasteiger partial charge >= 0.3 is 0 Å². The molecule has 1 aliphatic rings. The van der Waals surface area contributed by atoms with Gasteiger partial charge in [0.05, 0.1) is 19.0 Å². The largest absolute Gasteiger partial charge is 0.490 e. The van der Waals surface area contributed by atoms with E-state index in [-0.39, 0.29) is 10.8 Å². The monoisotopic (exact) mass is 283 g/mol. The molecule has 1 saturated heterocycles. The molecule has 19 heavy (non-hydrogen) atoms. The van der Waals surface area contributed by atoms with E-state index in [1.54, 1.807) is 12.4 Å². The first kappa shape index (κ1) is 14.5. The fourth-order valence-corrected chi connectivity index (χ4v) is 2.46. The van der Waals surface area contributed by atoms with Gasteiger partial charge in [0.2, 0.25) is 5.28 Å². The summed E-state index contributed by atoms with van der Waals surface area (Å²) >= 11 is 5.64. The van der Waals surface area contributed by atoms with Crippen molar-refractivity contribution in [2.75, 3.05) is 19.7 Å². The predicted molar refractivity (Wildman–Crippen MR) is 76.6 cm³/mol. The van der Waals surface area contributed by atoms with E-state index in [0.717, 1.165) is 19.7 Å². The summed E-state index contributed by atoms with van der Waals surface area (Å²) in [4.78, 5) is 10.4. The molecule has 0 bridgehead atoms. The number of ether oxygens (including phenoxy) is 1. The van der Waals surface area contributed by atoms with E-state index in [0.29, 0.717) is 11.7 Å². The van der Waals surface area contributed by atoms with Crippen molar-refractivity contribution < 1.29 is 4.74 Å². The molecule has 0 saturated carbocycles. The Labute approximate surface area is 120 Å². The van der Waals surface area contributed by atoms with Crippen LogP contribution in [0.4, 0.5) is 0 Å². The molecule has 2 rings (SSSR count). The van der Waals surface area contributed by atoms with Crippen LogP contribution in [0.5, 0.6) is 5.75 Å². The zero-order valence-corrected chi connectivity index (χ0v) is 12.7. The Kier molecular flexibility index (Phi) is 4.63. The molecule has 2 heterocycles. The smallest absolute Gasteiger partial charge is 0.222 e. The van der Waals surface area contributed by atoms with E-state index in [2.05, 4.69) is 35.6 Å². The van der Waals surface area contributed by atoms with Crippen molar-refractivity contribution in [1.82, 2.24) is 14.9 Å². The molecular weight excluding hydrogens is 262 g/mol. The molecule has 0 radical (unpaired) electrons. The van der Waals surface area contributed by atoms with E-state index >= 15 is 0 Å². The second-order valence-corrected chi connectivity index (χ2v) is 6.44. The second kappa shape index (κ2) is 6.06. The lowest BCUT2D eigenvalue weighted by molar-refractivity contribution is 0.0719. The van der Waals surface area contributed by atoms with E-state index < -0.39 is 0 Å². The lowest BCUT2D eigenvalue weighted by Gasteiger charge is -2.40. The van der Waals surface area contributed by atoms with E-state index in [4.69, 9.17) is 16.3 Å². The molecule has 1 aromatic heterocycles. The molecule has 5 heteroatoms. The zero-order valence-electron chi connectivity index (χ0n) is 11.9. The van der Waals surface area contributed by atoms with Gasteiger partial charge in [-0.1, -0.05) is 0 Å². The average molecular weight is 284 g/mol. The van der Waals surface area contributed by atoms with Gasteiger partial charge in [0, 0.05) is 5.54 Å². The van der Waals surface area contributed by atoms with Crippen LogP contribution in [0.3, 0.4) is 0 Å². The maximum absolute atomic E-state index is 5.72. The highest BCUT2D eigenvalue weighted by Gasteiger charge is 2.27. The average Bonchev–Trinajstić information content (AvgIpc) is 2.37. The highest BCUT2D eigenvalue weighted by molar-refractivity contribution is 6.28. The fourth-order valence-electron chi connectivity index (χ4n) is 2.36. The molecule has 1 aliphatic heterocycles. The first-order valence-electron chi connectivity index (χ1n) is 6.80. The first-order chi connectivity index (χ1) is 8.95. The van der Waals surface area contributed by atoms with Gasteiger partial charge in [-0.25, -0.2) is 9.97 Å². The Balaban J connectivity index is 1.75. The van der Waals surface area contributed by atoms with Crippen LogP contribution in [0.25, 0.3) is 0 Å². The van der Waals surface area contributed by atoms with Crippen LogP contribution in [0, 0.1) is 5.92 Å². The van der Waals surface area contributed by atoms with Crippen molar-refractivity contribution in [2.45, 2.75) is 39.2 Å². The van der Waals surface area contributed by atoms with Crippen molar-refractivity contribution in [3.63, 3.8) is 0 Å². The highest BCUT2D eigenvalue weighted by atomic mass is 35.5. The number of nitrogens with zero attached hydrogens (tertiary/aromatic N) is 3. The van der Waals surface area contributed by atoms with Gasteiger partial charge in [-0.15, -0.1) is 0 Å². The molecule has 0 atom stereocenters.